The van der Waals surface area contributed by atoms with Crippen LogP contribution in [0.5, 0.6) is 11.8 Å². The molecule has 10 nitrogen and oxygen atoms in total. The lowest BCUT2D eigenvalue weighted by Gasteiger charge is -2.08. The second kappa shape index (κ2) is 7.63. The third-order valence-corrected chi connectivity index (χ3v) is 4.85. The normalized spacial score (nSPS) is 15.9. The fourth-order valence-corrected chi connectivity index (χ4v) is 3.32. The van der Waals surface area contributed by atoms with Gasteiger partial charge in [-0.25, -0.2) is 4.98 Å². The summed E-state index contributed by atoms with van der Waals surface area (Å²) in [6.45, 7) is 1.05. The number of nitriles is 1. The van der Waals surface area contributed by atoms with Crippen LogP contribution >= 0.6 is 0 Å². The van der Waals surface area contributed by atoms with Gasteiger partial charge >= 0.3 is 0 Å². The Bertz CT molecular complexity index is 1100. The van der Waals surface area contributed by atoms with E-state index < -0.39 is 0 Å². The summed E-state index contributed by atoms with van der Waals surface area (Å²) in [7, 11) is 3.05. The largest absolute Gasteiger partial charge is 0.480 e. The summed E-state index contributed by atoms with van der Waals surface area (Å²) < 4.78 is 12.3. The van der Waals surface area contributed by atoms with Gasteiger partial charge in [0.15, 0.2) is 12.0 Å². The van der Waals surface area contributed by atoms with Crippen molar-refractivity contribution in [2.45, 2.75) is 6.42 Å². The maximum atomic E-state index is 12.5. The Morgan fingerprint density at radius 1 is 1.28 bits per heavy atom. The second-order valence-electron chi connectivity index (χ2n) is 6.64. The fourth-order valence-electron chi connectivity index (χ4n) is 3.32. The molecule has 1 N–H and O–H groups in total. The molecule has 1 amide bonds. The van der Waals surface area contributed by atoms with Crippen molar-refractivity contribution < 1.29 is 14.3 Å². The summed E-state index contributed by atoms with van der Waals surface area (Å²) >= 11 is 0. The molecule has 4 rings (SSSR count). The Balaban J connectivity index is 1.59. The minimum Gasteiger partial charge on any atom is -0.480 e. The summed E-state index contributed by atoms with van der Waals surface area (Å²) in [5.41, 5.74) is 2.24. The van der Waals surface area contributed by atoms with Crippen LogP contribution in [0.25, 0.3) is 16.8 Å². The maximum absolute atomic E-state index is 12.5. The summed E-state index contributed by atoms with van der Waals surface area (Å²) in [5, 5.41) is 19.7. The van der Waals surface area contributed by atoms with Crippen LogP contribution in [-0.4, -0.2) is 57.7 Å². The zero-order valence-electron chi connectivity index (χ0n) is 16.0. The van der Waals surface area contributed by atoms with Gasteiger partial charge in [0, 0.05) is 30.9 Å². The number of likely N-dealkylation sites (tertiary alicyclic amines) is 1. The number of hydrogen-bond donors (Lipinski definition) is 1. The smallest absolute Gasteiger partial charge is 0.241 e. The zero-order chi connectivity index (χ0) is 20.4. The highest BCUT2D eigenvalue weighted by Crippen LogP contribution is 2.30. The minimum atomic E-state index is -0.213. The molecule has 0 aromatic carbocycles. The van der Waals surface area contributed by atoms with E-state index in [1.807, 2.05) is 22.7 Å². The van der Waals surface area contributed by atoms with Crippen molar-refractivity contribution >= 4 is 17.4 Å². The van der Waals surface area contributed by atoms with Crippen LogP contribution in [0.4, 0.5) is 5.82 Å². The van der Waals surface area contributed by atoms with E-state index in [1.165, 1.54) is 14.2 Å². The van der Waals surface area contributed by atoms with E-state index >= 15 is 0 Å². The lowest BCUT2D eigenvalue weighted by atomic mass is 10.1. The fraction of sp³-hybridized carbons (Fsp3) is 0.316. The number of nitrogens with one attached hydrogen (secondary N) is 1. The molecule has 4 heterocycles. The van der Waals surface area contributed by atoms with Crippen molar-refractivity contribution in [3.63, 3.8) is 0 Å². The van der Waals surface area contributed by atoms with Crippen LogP contribution in [-0.2, 0) is 4.79 Å². The van der Waals surface area contributed by atoms with E-state index in [1.54, 1.807) is 17.2 Å². The van der Waals surface area contributed by atoms with Crippen LogP contribution in [0.15, 0.2) is 30.6 Å². The number of rotatable bonds is 5. The van der Waals surface area contributed by atoms with Gasteiger partial charge in [0.05, 0.1) is 31.9 Å². The van der Waals surface area contributed by atoms with Crippen LogP contribution in [0.3, 0.4) is 0 Å². The Morgan fingerprint density at radius 2 is 2.14 bits per heavy atom. The van der Waals surface area contributed by atoms with E-state index in [4.69, 9.17) is 14.7 Å². The maximum Gasteiger partial charge on any atom is 0.241 e. The van der Waals surface area contributed by atoms with Crippen molar-refractivity contribution in [1.29, 1.82) is 5.26 Å². The van der Waals surface area contributed by atoms with E-state index in [2.05, 4.69) is 26.7 Å². The third kappa shape index (κ3) is 3.62. The van der Waals surface area contributed by atoms with E-state index in [0.29, 0.717) is 42.7 Å². The number of fused-ring (bicyclic) bond motifs is 1. The molecule has 10 heteroatoms. The summed E-state index contributed by atoms with van der Waals surface area (Å²) in [6, 6.07) is 5.46. The summed E-state index contributed by atoms with van der Waals surface area (Å²) in [5.74, 6) is 0.871. The monoisotopic (exact) mass is 393 g/mol. The molecule has 1 aliphatic heterocycles. The van der Waals surface area contributed by atoms with Crippen LogP contribution in [0.2, 0.25) is 0 Å². The molecule has 29 heavy (non-hydrogen) atoms. The van der Waals surface area contributed by atoms with Crippen molar-refractivity contribution in [3.8, 4) is 29.1 Å². The van der Waals surface area contributed by atoms with Gasteiger partial charge in [-0.1, -0.05) is 0 Å². The molecule has 0 bridgehead atoms. The number of anilines is 1. The Morgan fingerprint density at radius 3 is 2.86 bits per heavy atom. The number of ether oxygens (including phenoxy) is 2. The predicted octanol–water partition coefficient (Wildman–Crippen LogP) is 1.55. The molecular formula is C19H19N7O3. The standard InChI is InChI=1S/C19H19N7O3/c1-28-17-7-14(19(29-2)24-23-17)12-3-4-16-21-15(10-26(16)9-12)22-18(27)13-5-6-25(8-13)11-20/h3-4,7,9-10,13H,5-6,8H2,1-2H3,(H,22,27)/t13-/m0/s1. The first kappa shape index (κ1) is 18.5. The topological polar surface area (TPSA) is 118 Å². The molecule has 0 radical (unpaired) electrons. The average molecular weight is 393 g/mol. The molecule has 1 fully saturated rings. The van der Waals surface area contributed by atoms with E-state index in [9.17, 15) is 4.79 Å². The molecular weight excluding hydrogens is 374 g/mol. The van der Waals surface area contributed by atoms with Crippen molar-refractivity contribution in [3.05, 3.63) is 30.6 Å². The van der Waals surface area contributed by atoms with Crippen molar-refractivity contribution in [2.24, 2.45) is 5.92 Å². The van der Waals surface area contributed by atoms with Crippen molar-refractivity contribution in [1.82, 2.24) is 24.5 Å². The molecule has 3 aromatic heterocycles. The van der Waals surface area contributed by atoms with Gasteiger partial charge in [0.1, 0.15) is 5.65 Å². The first-order chi connectivity index (χ1) is 14.1. The van der Waals surface area contributed by atoms with Crippen LogP contribution in [0, 0.1) is 17.4 Å². The molecule has 0 saturated carbocycles. The first-order valence-electron chi connectivity index (χ1n) is 9.01. The Kier molecular flexibility index (Phi) is 4.87. The molecule has 1 atom stereocenters. The Labute approximate surface area is 166 Å². The number of pyridine rings is 1. The number of hydrogen-bond acceptors (Lipinski definition) is 8. The van der Waals surface area contributed by atoms with E-state index in [0.717, 1.165) is 11.1 Å². The molecule has 148 valence electrons. The molecule has 0 unspecified atom stereocenters. The van der Waals surface area contributed by atoms with Gasteiger partial charge in [-0.3, -0.25) is 4.79 Å². The highest BCUT2D eigenvalue weighted by Gasteiger charge is 2.28. The molecule has 1 saturated heterocycles. The quantitative estimate of drug-likeness (QED) is 0.649. The van der Waals surface area contributed by atoms with Gasteiger partial charge in [-0.15, -0.1) is 10.2 Å². The predicted molar refractivity (Wildman–Crippen MR) is 103 cm³/mol. The SMILES string of the molecule is COc1cc(-c2ccc3nc(NC(=O)[C@H]4CCN(C#N)C4)cn3c2)c(OC)nn1. The van der Waals surface area contributed by atoms with Gasteiger partial charge in [-0.05, 0) is 18.6 Å². The number of methoxy groups -OCH3 is 2. The average Bonchev–Trinajstić information content (AvgIpc) is 3.39. The summed E-state index contributed by atoms with van der Waals surface area (Å²) in [6.07, 6.45) is 6.35. The van der Waals surface area contributed by atoms with Crippen LogP contribution < -0.4 is 14.8 Å². The van der Waals surface area contributed by atoms with Gasteiger partial charge in [-0.2, -0.15) is 5.26 Å². The highest BCUT2D eigenvalue weighted by molar-refractivity contribution is 5.92. The highest BCUT2D eigenvalue weighted by atomic mass is 16.5. The van der Waals surface area contributed by atoms with E-state index in [-0.39, 0.29) is 11.8 Å². The molecule has 0 spiro atoms. The van der Waals surface area contributed by atoms with Gasteiger partial charge < -0.3 is 24.1 Å². The Hall–Kier alpha value is -3.87. The number of aromatic nitrogens is 4. The summed E-state index contributed by atoms with van der Waals surface area (Å²) in [4.78, 5) is 18.5. The third-order valence-electron chi connectivity index (χ3n) is 4.85. The first-order valence-corrected chi connectivity index (χ1v) is 9.01. The lowest BCUT2D eigenvalue weighted by Crippen LogP contribution is -2.25. The number of carbonyl (C=O) groups excluding carboxylic acids is 1. The molecule has 0 aliphatic carbocycles. The van der Waals surface area contributed by atoms with Gasteiger partial charge in [0.25, 0.3) is 0 Å². The lowest BCUT2D eigenvalue weighted by molar-refractivity contribution is -0.119. The molecule has 1 aliphatic rings. The minimum absolute atomic E-state index is 0.129. The zero-order valence-corrected chi connectivity index (χ0v) is 16.0. The van der Waals surface area contributed by atoms with Crippen molar-refractivity contribution in [2.75, 3.05) is 32.6 Å². The number of nitrogens with zero attached hydrogens (tertiary/aromatic N) is 6. The number of imidazole rings is 1. The number of amides is 1. The second-order valence-corrected chi connectivity index (χ2v) is 6.64. The number of carbonyl (C=O) groups is 1. The van der Waals surface area contributed by atoms with Crippen LogP contribution in [0.1, 0.15) is 6.42 Å². The van der Waals surface area contributed by atoms with Gasteiger partial charge in [0.2, 0.25) is 17.7 Å². The molecule has 3 aromatic rings.